The lowest BCUT2D eigenvalue weighted by atomic mass is 10.1. The Hall–Kier alpha value is -3.53. The van der Waals surface area contributed by atoms with Crippen molar-refractivity contribution >= 4 is 23.4 Å². The minimum Gasteiger partial charge on any atom is -0.493 e. The highest BCUT2D eigenvalue weighted by Gasteiger charge is 2.14. The summed E-state index contributed by atoms with van der Waals surface area (Å²) in [4.78, 5) is 24.8. The maximum Gasteiger partial charge on any atom is 0.294 e. The molecule has 3 rings (SSSR count). The van der Waals surface area contributed by atoms with Gasteiger partial charge in [-0.15, -0.1) is 10.2 Å². The molecule has 9 nitrogen and oxygen atoms in total. The third-order valence-corrected chi connectivity index (χ3v) is 5.36. The molecule has 0 unspecified atom stereocenters. The summed E-state index contributed by atoms with van der Waals surface area (Å²) in [6, 6.07) is 12.8. The number of hydrogen-bond donors (Lipinski definition) is 2. The highest BCUT2D eigenvalue weighted by atomic mass is 32.2. The van der Waals surface area contributed by atoms with Gasteiger partial charge in [0.25, 0.3) is 5.56 Å². The number of nitrogens with one attached hydrogen (secondary N) is 1. The number of ether oxygens (including phenoxy) is 2. The summed E-state index contributed by atoms with van der Waals surface area (Å²) in [7, 11) is 3.09. The molecule has 0 atom stereocenters. The molecular formula is C21H23N5O4S. The van der Waals surface area contributed by atoms with Gasteiger partial charge >= 0.3 is 0 Å². The average molecular weight is 442 g/mol. The normalized spacial score (nSPS) is 10.5. The predicted molar refractivity (Wildman–Crippen MR) is 119 cm³/mol. The zero-order valence-corrected chi connectivity index (χ0v) is 18.2. The average Bonchev–Trinajstić information content (AvgIpc) is 2.78. The van der Waals surface area contributed by atoms with Crippen molar-refractivity contribution in [1.82, 2.24) is 14.9 Å². The van der Waals surface area contributed by atoms with Crippen LogP contribution >= 0.6 is 11.8 Å². The molecule has 162 valence electrons. The van der Waals surface area contributed by atoms with E-state index in [2.05, 4.69) is 15.5 Å². The van der Waals surface area contributed by atoms with Gasteiger partial charge in [-0.1, -0.05) is 35.5 Å². The van der Waals surface area contributed by atoms with Gasteiger partial charge in [0.15, 0.2) is 11.5 Å². The lowest BCUT2D eigenvalue weighted by Gasteiger charge is -2.10. The van der Waals surface area contributed by atoms with Crippen LogP contribution in [0.4, 0.5) is 5.69 Å². The minimum atomic E-state index is -0.480. The number of nitrogens with two attached hydrogens (primary N) is 1. The van der Waals surface area contributed by atoms with Crippen LogP contribution in [-0.2, 0) is 11.2 Å². The first-order valence-electron chi connectivity index (χ1n) is 9.35. The molecule has 0 aliphatic heterocycles. The standard InChI is InChI=1S/C21H23N5O4S/c1-13-4-7-15(8-5-13)23-19(27)12-31-21-25-24-16(20(28)26(21)22)10-14-6-9-17(29-2)18(11-14)30-3/h4-9,11H,10,12,22H2,1-3H3,(H,23,27). The van der Waals surface area contributed by atoms with Crippen molar-refractivity contribution in [3.8, 4) is 11.5 Å². The topological polar surface area (TPSA) is 121 Å². The Balaban J connectivity index is 1.67. The molecule has 2 aromatic carbocycles. The van der Waals surface area contributed by atoms with Gasteiger partial charge in [-0.25, -0.2) is 0 Å². The van der Waals surface area contributed by atoms with Crippen LogP contribution in [0.1, 0.15) is 16.8 Å². The van der Waals surface area contributed by atoms with Crippen LogP contribution in [-0.4, -0.2) is 40.8 Å². The number of thioether (sulfide) groups is 1. The largest absolute Gasteiger partial charge is 0.493 e. The zero-order chi connectivity index (χ0) is 22.4. The number of aryl methyl sites for hydroxylation is 1. The van der Waals surface area contributed by atoms with E-state index in [1.165, 1.54) is 7.11 Å². The molecule has 31 heavy (non-hydrogen) atoms. The Labute approximate surface area is 183 Å². The van der Waals surface area contributed by atoms with Gasteiger partial charge in [0.2, 0.25) is 11.1 Å². The van der Waals surface area contributed by atoms with E-state index in [9.17, 15) is 9.59 Å². The molecule has 0 spiro atoms. The van der Waals surface area contributed by atoms with Gasteiger partial charge in [0.05, 0.1) is 20.0 Å². The first-order valence-corrected chi connectivity index (χ1v) is 10.3. The molecule has 0 radical (unpaired) electrons. The highest BCUT2D eigenvalue weighted by molar-refractivity contribution is 7.99. The number of rotatable bonds is 8. The maximum absolute atomic E-state index is 12.6. The van der Waals surface area contributed by atoms with Crippen LogP contribution in [0.15, 0.2) is 52.4 Å². The second-order valence-corrected chi connectivity index (χ2v) is 7.62. The smallest absolute Gasteiger partial charge is 0.294 e. The van der Waals surface area contributed by atoms with Crippen LogP contribution in [0.2, 0.25) is 0 Å². The van der Waals surface area contributed by atoms with E-state index in [1.54, 1.807) is 25.3 Å². The molecule has 1 aromatic heterocycles. The molecule has 1 heterocycles. The molecule has 0 saturated heterocycles. The predicted octanol–water partition coefficient (Wildman–Crippen LogP) is 2.00. The number of nitrogen functional groups attached to an aromatic ring is 1. The fourth-order valence-electron chi connectivity index (χ4n) is 2.78. The summed E-state index contributed by atoms with van der Waals surface area (Å²) >= 11 is 1.03. The minimum absolute atomic E-state index is 0.0359. The van der Waals surface area contributed by atoms with Crippen molar-refractivity contribution in [1.29, 1.82) is 0 Å². The molecule has 10 heteroatoms. The SMILES string of the molecule is COc1ccc(Cc2nnc(SCC(=O)Nc3ccc(C)cc3)n(N)c2=O)cc1OC. The number of aromatic nitrogens is 3. The van der Waals surface area contributed by atoms with Crippen LogP contribution in [0.3, 0.4) is 0 Å². The molecule has 1 amide bonds. The Kier molecular flexibility index (Phi) is 7.14. The van der Waals surface area contributed by atoms with Gasteiger partial charge in [-0.05, 0) is 36.8 Å². The lowest BCUT2D eigenvalue weighted by Crippen LogP contribution is -2.34. The first kappa shape index (κ1) is 22.2. The Bertz CT molecular complexity index is 1130. The molecule has 0 aliphatic rings. The molecule has 0 fully saturated rings. The second kappa shape index (κ2) is 9.98. The van der Waals surface area contributed by atoms with Gasteiger partial charge in [-0.3, -0.25) is 9.59 Å². The zero-order valence-electron chi connectivity index (χ0n) is 17.4. The maximum atomic E-state index is 12.6. The van der Waals surface area contributed by atoms with E-state index >= 15 is 0 Å². The summed E-state index contributed by atoms with van der Waals surface area (Å²) in [6.07, 6.45) is 0.224. The number of amides is 1. The van der Waals surface area contributed by atoms with E-state index in [1.807, 2.05) is 31.2 Å². The summed E-state index contributed by atoms with van der Waals surface area (Å²) in [5.41, 5.74) is 2.29. The van der Waals surface area contributed by atoms with Gasteiger partial charge in [-0.2, -0.15) is 4.68 Å². The van der Waals surface area contributed by atoms with Crippen molar-refractivity contribution in [3.63, 3.8) is 0 Å². The second-order valence-electron chi connectivity index (χ2n) is 6.67. The number of nitrogens with zero attached hydrogens (tertiary/aromatic N) is 3. The summed E-state index contributed by atoms with van der Waals surface area (Å²) < 4.78 is 11.4. The Morgan fingerprint density at radius 2 is 1.81 bits per heavy atom. The number of carbonyl (C=O) groups excluding carboxylic acids is 1. The lowest BCUT2D eigenvalue weighted by molar-refractivity contribution is -0.113. The van der Waals surface area contributed by atoms with Gasteiger partial charge in [0, 0.05) is 12.1 Å². The van der Waals surface area contributed by atoms with Crippen molar-refractivity contribution in [2.75, 3.05) is 31.1 Å². The van der Waals surface area contributed by atoms with E-state index in [-0.39, 0.29) is 28.9 Å². The van der Waals surface area contributed by atoms with Crippen LogP contribution in [0, 0.1) is 6.92 Å². The number of hydrogen-bond acceptors (Lipinski definition) is 8. The molecule has 0 aliphatic carbocycles. The third-order valence-electron chi connectivity index (χ3n) is 4.42. The van der Waals surface area contributed by atoms with E-state index < -0.39 is 5.56 Å². The van der Waals surface area contributed by atoms with E-state index in [4.69, 9.17) is 15.3 Å². The highest BCUT2D eigenvalue weighted by Crippen LogP contribution is 2.28. The Morgan fingerprint density at radius 3 is 2.48 bits per heavy atom. The number of anilines is 1. The summed E-state index contributed by atoms with van der Waals surface area (Å²) in [5, 5.41) is 11.0. The summed E-state index contributed by atoms with van der Waals surface area (Å²) in [6.45, 7) is 1.97. The molecule has 0 bridgehead atoms. The van der Waals surface area contributed by atoms with Gasteiger partial charge in [0.1, 0.15) is 5.69 Å². The van der Waals surface area contributed by atoms with Crippen LogP contribution < -0.4 is 26.2 Å². The van der Waals surface area contributed by atoms with Crippen molar-refractivity contribution in [2.45, 2.75) is 18.5 Å². The van der Waals surface area contributed by atoms with Gasteiger partial charge < -0.3 is 20.6 Å². The molecular weight excluding hydrogens is 418 g/mol. The van der Waals surface area contributed by atoms with E-state index in [0.29, 0.717) is 17.2 Å². The molecule has 0 saturated carbocycles. The van der Waals surface area contributed by atoms with Crippen molar-refractivity contribution in [3.05, 3.63) is 69.6 Å². The molecule has 3 N–H and O–H groups in total. The third kappa shape index (κ3) is 5.54. The number of benzene rings is 2. The first-order chi connectivity index (χ1) is 14.9. The van der Waals surface area contributed by atoms with Crippen molar-refractivity contribution in [2.24, 2.45) is 0 Å². The van der Waals surface area contributed by atoms with Crippen molar-refractivity contribution < 1.29 is 14.3 Å². The molecule has 3 aromatic rings. The fourth-order valence-corrected chi connectivity index (χ4v) is 3.43. The monoisotopic (exact) mass is 441 g/mol. The summed E-state index contributed by atoms with van der Waals surface area (Å²) in [5.74, 6) is 6.83. The van der Waals surface area contributed by atoms with Crippen LogP contribution in [0.25, 0.3) is 0 Å². The van der Waals surface area contributed by atoms with E-state index in [0.717, 1.165) is 27.6 Å². The quantitative estimate of drug-likeness (QED) is 0.402. The number of methoxy groups -OCH3 is 2. The number of carbonyl (C=O) groups is 1. The fraction of sp³-hybridized carbons (Fsp3) is 0.238. The Morgan fingerprint density at radius 1 is 1.10 bits per heavy atom. The van der Waals surface area contributed by atoms with Crippen LogP contribution in [0.5, 0.6) is 11.5 Å².